The zero-order valence-electron chi connectivity index (χ0n) is 23.5. The van der Waals surface area contributed by atoms with E-state index in [-0.39, 0.29) is 34.4 Å². The van der Waals surface area contributed by atoms with E-state index in [0.29, 0.717) is 23.8 Å². The van der Waals surface area contributed by atoms with Crippen molar-refractivity contribution in [3.63, 3.8) is 0 Å². The van der Waals surface area contributed by atoms with Crippen LogP contribution in [-0.2, 0) is 0 Å². The molecular weight excluding hydrogens is 478 g/mol. The minimum atomic E-state index is -0.674. The molecule has 38 heavy (non-hydrogen) atoms. The summed E-state index contributed by atoms with van der Waals surface area (Å²) in [4.78, 5) is 26.6. The number of hydrogen-bond acceptors (Lipinski definition) is 5. The van der Waals surface area contributed by atoms with Crippen LogP contribution in [0.3, 0.4) is 0 Å². The Morgan fingerprint density at radius 3 is 2.66 bits per heavy atom. The van der Waals surface area contributed by atoms with E-state index in [9.17, 15) is 14.7 Å². The lowest BCUT2D eigenvalue weighted by atomic mass is 9.43. The van der Waals surface area contributed by atoms with Crippen molar-refractivity contribution in [2.24, 2.45) is 28.6 Å². The average molecular weight is 526 g/mol. The largest absolute Gasteiger partial charge is 0.431 e. The first kappa shape index (κ1) is 26.4. The number of fused-ring (bicyclic) bond motifs is 5. The number of nitrogens with zero attached hydrogens (tertiary/aromatic N) is 1. The maximum atomic E-state index is 13.1. The molecule has 2 amide bonds. The Hall–Kier alpha value is -1.86. The highest BCUT2D eigenvalue weighted by molar-refractivity contribution is 5.74. The third-order valence-electron chi connectivity index (χ3n) is 12.4. The van der Waals surface area contributed by atoms with Crippen molar-refractivity contribution < 1.29 is 14.3 Å². The van der Waals surface area contributed by atoms with Gasteiger partial charge < -0.3 is 25.1 Å². The van der Waals surface area contributed by atoms with Crippen LogP contribution in [0.1, 0.15) is 96.0 Å². The number of aliphatic hydroxyl groups is 1. The molecule has 1 aromatic rings. The quantitative estimate of drug-likeness (QED) is 0.534. The van der Waals surface area contributed by atoms with Crippen molar-refractivity contribution in [3.8, 4) is 0 Å². The molecule has 0 bridgehead atoms. The molecule has 0 spiro atoms. The highest BCUT2D eigenvalue weighted by Gasteiger charge is 2.67. The first-order valence-electron chi connectivity index (χ1n) is 15.2. The predicted octanol–water partition coefficient (Wildman–Crippen LogP) is 4.64. The van der Waals surface area contributed by atoms with Crippen LogP contribution in [0.2, 0.25) is 0 Å². The van der Waals surface area contributed by atoms with Gasteiger partial charge in [0.2, 0.25) is 0 Å². The zero-order valence-corrected chi connectivity index (χ0v) is 23.5. The molecule has 0 radical (unpaired) electrons. The molecule has 2 heterocycles. The van der Waals surface area contributed by atoms with Gasteiger partial charge in [0, 0.05) is 37.2 Å². The third kappa shape index (κ3) is 4.06. The molecule has 1 saturated heterocycles. The number of carbonyl (C=O) groups is 1. The number of piperidine rings is 1. The normalized spacial score (nSPS) is 44.4. The van der Waals surface area contributed by atoms with Gasteiger partial charge in [-0.1, -0.05) is 13.8 Å². The van der Waals surface area contributed by atoms with Crippen molar-refractivity contribution in [2.75, 3.05) is 20.1 Å². The number of rotatable bonds is 3. The molecular formula is C31H47N3O4. The summed E-state index contributed by atoms with van der Waals surface area (Å²) >= 11 is 0. The fourth-order valence-corrected chi connectivity index (χ4v) is 10.1. The van der Waals surface area contributed by atoms with E-state index in [1.807, 2.05) is 18.0 Å². The smallest absolute Gasteiger partial charge is 0.335 e. The monoisotopic (exact) mass is 525 g/mol. The van der Waals surface area contributed by atoms with Crippen molar-refractivity contribution in [3.05, 3.63) is 34.4 Å². The maximum Gasteiger partial charge on any atom is 0.335 e. The van der Waals surface area contributed by atoms with Crippen molar-refractivity contribution >= 4 is 6.03 Å². The number of nitrogens with one attached hydrogen (secondary N) is 2. The molecule has 5 fully saturated rings. The molecule has 7 nitrogen and oxygen atoms in total. The molecule has 4 aliphatic carbocycles. The van der Waals surface area contributed by atoms with Gasteiger partial charge in [-0.3, -0.25) is 0 Å². The molecule has 3 N–H and O–H groups in total. The number of hydrogen-bond donors (Lipinski definition) is 3. The average Bonchev–Trinajstić information content (AvgIpc) is 3.20. The van der Waals surface area contributed by atoms with E-state index in [2.05, 4.69) is 24.5 Å². The maximum absolute atomic E-state index is 13.1. The molecule has 9 atom stereocenters. The van der Waals surface area contributed by atoms with Gasteiger partial charge in [-0.25, -0.2) is 9.59 Å². The van der Waals surface area contributed by atoms with Gasteiger partial charge in [-0.2, -0.15) is 0 Å². The Labute approximate surface area is 227 Å². The molecule has 1 aromatic heterocycles. The van der Waals surface area contributed by atoms with Gasteiger partial charge in [-0.05, 0) is 118 Å². The SMILES string of the molecule is CN(C(=O)N[C@H]1CCCNC1)[C@H]1CC[C@@]2(C)[C@H](CC[C@@H]3[C@@H]2CC[C@]2(C)[C@@H](c4ccc(=O)oc4)CC[C@]32O)C1. The Balaban J connectivity index is 1.16. The summed E-state index contributed by atoms with van der Waals surface area (Å²) in [5, 5.41) is 19.1. The summed E-state index contributed by atoms with van der Waals surface area (Å²) in [7, 11) is 1.99. The second-order valence-corrected chi connectivity index (χ2v) is 13.9. The van der Waals surface area contributed by atoms with Crippen molar-refractivity contribution in [2.45, 2.75) is 108 Å². The van der Waals surface area contributed by atoms with Gasteiger partial charge >= 0.3 is 11.7 Å². The van der Waals surface area contributed by atoms with E-state index in [4.69, 9.17) is 4.42 Å². The van der Waals surface area contributed by atoms with Gasteiger partial charge in [0.1, 0.15) is 0 Å². The van der Waals surface area contributed by atoms with E-state index >= 15 is 0 Å². The van der Waals surface area contributed by atoms with Gasteiger partial charge in [0.25, 0.3) is 0 Å². The molecule has 4 saturated carbocycles. The minimum Gasteiger partial charge on any atom is -0.431 e. The highest BCUT2D eigenvalue weighted by Crippen LogP contribution is 2.70. The second kappa shape index (κ2) is 9.65. The van der Waals surface area contributed by atoms with Crippen LogP contribution >= 0.6 is 0 Å². The molecule has 0 aromatic carbocycles. The summed E-state index contributed by atoms with van der Waals surface area (Å²) in [5.74, 6) is 1.67. The van der Waals surface area contributed by atoms with Crippen LogP contribution in [0.5, 0.6) is 0 Å². The fourth-order valence-electron chi connectivity index (χ4n) is 10.1. The van der Waals surface area contributed by atoms with Crippen LogP contribution in [-0.4, -0.2) is 53.9 Å². The summed E-state index contributed by atoms with van der Waals surface area (Å²) in [5.41, 5.74) is 0.102. The lowest BCUT2D eigenvalue weighted by Crippen LogP contribution is -2.62. The Kier molecular flexibility index (Phi) is 6.70. The van der Waals surface area contributed by atoms with Crippen molar-refractivity contribution in [1.82, 2.24) is 15.5 Å². The van der Waals surface area contributed by atoms with Crippen LogP contribution in [0, 0.1) is 28.6 Å². The lowest BCUT2D eigenvalue weighted by Gasteiger charge is -2.64. The van der Waals surface area contributed by atoms with E-state index in [1.54, 1.807) is 6.26 Å². The Morgan fingerprint density at radius 2 is 1.92 bits per heavy atom. The van der Waals surface area contributed by atoms with Crippen molar-refractivity contribution in [1.29, 1.82) is 0 Å². The van der Waals surface area contributed by atoms with Gasteiger partial charge in [0.15, 0.2) is 0 Å². The van der Waals surface area contributed by atoms with E-state index < -0.39 is 5.60 Å². The lowest BCUT2D eigenvalue weighted by molar-refractivity contribution is -0.203. The summed E-state index contributed by atoms with van der Waals surface area (Å²) < 4.78 is 5.24. The molecule has 1 aliphatic heterocycles. The Morgan fingerprint density at radius 1 is 1.08 bits per heavy atom. The number of amides is 2. The van der Waals surface area contributed by atoms with Gasteiger partial charge in [0.05, 0.1) is 11.9 Å². The van der Waals surface area contributed by atoms with Crippen LogP contribution in [0.4, 0.5) is 4.79 Å². The predicted molar refractivity (Wildman–Crippen MR) is 147 cm³/mol. The van der Waals surface area contributed by atoms with E-state index in [0.717, 1.165) is 89.3 Å². The summed E-state index contributed by atoms with van der Waals surface area (Å²) in [6, 6.07) is 4.05. The molecule has 6 rings (SSSR count). The first-order chi connectivity index (χ1) is 18.2. The molecule has 5 aliphatic rings. The molecule has 0 unspecified atom stereocenters. The fraction of sp³-hybridized carbons (Fsp3) is 0.806. The second-order valence-electron chi connectivity index (χ2n) is 13.9. The Bertz CT molecular complexity index is 1080. The first-order valence-corrected chi connectivity index (χ1v) is 15.2. The molecule has 7 heteroatoms. The topological polar surface area (TPSA) is 94.8 Å². The van der Waals surface area contributed by atoms with Crippen LogP contribution in [0.25, 0.3) is 0 Å². The third-order valence-corrected chi connectivity index (χ3v) is 12.4. The number of urea groups is 1. The molecule has 210 valence electrons. The minimum absolute atomic E-state index is 0.0810. The standard InChI is InChI=1S/C31H47N3O4/c1-29-13-10-23(34(3)28(36)33-22-5-4-16-32-18-22)17-21(29)7-8-26-25(29)11-14-30(2)24(12-15-31(26,30)37)20-6-9-27(35)38-19-20/h6,9,19,21-26,32,37H,4-5,7-8,10-18H2,1-3H3,(H,33,36)/t21-,22+,23+,24-,25+,26-,29+,30-,31+/m1/s1. The van der Waals surface area contributed by atoms with Crippen LogP contribution < -0.4 is 16.3 Å². The summed E-state index contributed by atoms with van der Waals surface area (Å²) in [6.07, 6.45) is 13.2. The highest BCUT2D eigenvalue weighted by atomic mass is 16.4. The number of carbonyl (C=O) groups excluding carboxylic acids is 1. The van der Waals surface area contributed by atoms with Gasteiger partial charge in [-0.15, -0.1) is 0 Å². The zero-order chi connectivity index (χ0) is 26.7. The summed E-state index contributed by atoms with van der Waals surface area (Å²) in [6.45, 7) is 6.72. The van der Waals surface area contributed by atoms with Crippen LogP contribution in [0.15, 0.2) is 27.6 Å². The van der Waals surface area contributed by atoms with E-state index in [1.165, 1.54) is 6.07 Å².